The van der Waals surface area contributed by atoms with E-state index in [-0.39, 0.29) is 0 Å². The van der Waals surface area contributed by atoms with E-state index in [1.807, 2.05) is 13.8 Å². The summed E-state index contributed by atoms with van der Waals surface area (Å²) in [5.41, 5.74) is 3.52. The summed E-state index contributed by atoms with van der Waals surface area (Å²) in [6.45, 7) is 4.02. The lowest BCUT2D eigenvalue weighted by Gasteiger charge is -1.89. The van der Waals surface area contributed by atoms with E-state index in [2.05, 4.69) is 26.1 Å². The minimum atomic E-state index is 0.890. The van der Waals surface area contributed by atoms with Gasteiger partial charge >= 0.3 is 0 Å². The van der Waals surface area contributed by atoms with Gasteiger partial charge in [0.2, 0.25) is 0 Å². The molecule has 1 aromatic rings. The first-order valence-corrected chi connectivity index (χ1v) is 3.94. The molecule has 0 saturated heterocycles. The number of aryl methyl sites for hydroxylation is 2. The van der Waals surface area contributed by atoms with Crippen LogP contribution in [0.4, 0.5) is 0 Å². The number of hydrogen-bond acceptors (Lipinski definition) is 1. The van der Waals surface area contributed by atoms with Crippen molar-refractivity contribution in [3.8, 4) is 0 Å². The molecule has 0 amide bonds. The molecule has 0 spiro atoms. The molecule has 2 nitrogen and oxygen atoms in total. The topological polar surface area (TPSA) is 28.7 Å². The van der Waals surface area contributed by atoms with Crippen LogP contribution in [0.25, 0.3) is 0 Å². The first kappa shape index (κ1) is 6.81. The third-order valence-electron chi connectivity index (χ3n) is 1.41. The number of alkyl halides is 1. The molecule has 0 radical (unpaired) electrons. The molecule has 0 unspecified atom stereocenters. The molecule has 0 atom stereocenters. The Labute approximate surface area is 62.8 Å². The predicted octanol–water partition coefficient (Wildman–Crippen LogP) is 1.92. The van der Waals surface area contributed by atoms with Crippen LogP contribution in [0.3, 0.4) is 0 Å². The van der Waals surface area contributed by atoms with Crippen LogP contribution in [0.2, 0.25) is 0 Å². The summed E-state index contributed by atoms with van der Waals surface area (Å²) in [6.07, 6.45) is 0. The molecule has 1 heterocycles. The highest BCUT2D eigenvalue weighted by Crippen LogP contribution is 2.12. The zero-order chi connectivity index (χ0) is 6.85. The standard InChI is InChI=1S/C6H9BrN2/c1-4-6(3-7)5(2)9-8-4/h3H2,1-2H3,(H,8,9). The second-order valence-corrected chi connectivity index (χ2v) is 2.61. The van der Waals surface area contributed by atoms with Crippen molar-refractivity contribution in [1.82, 2.24) is 10.2 Å². The van der Waals surface area contributed by atoms with Crippen molar-refractivity contribution in [2.45, 2.75) is 19.2 Å². The van der Waals surface area contributed by atoms with E-state index in [0.29, 0.717) is 0 Å². The maximum absolute atomic E-state index is 4.03. The zero-order valence-corrected chi connectivity index (χ0v) is 7.12. The van der Waals surface area contributed by atoms with E-state index in [1.165, 1.54) is 5.56 Å². The van der Waals surface area contributed by atoms with Crippen LogP contribution < -0.4 is 0 Å². The van der Waals surface area contributed by atoms with Crippen LogP contribution in [-0.4, -0.2) is 10.2 Å². The van der Waals surface area contributed by atoms with E-state index in [9.17, 15) is 0 Å². The lowest BCUT2D eigenvalue weighted by molar-refractivity contribution is 1.02. The number of hydrogen-bond donors (Lipinski definition) is 1. The smallest absolute Gasteiger partial charge is 0.0634 e. The molecule has 3 heteroatoms. The van der Waals surface area contributed by atoms with Crippen molar-refractivity contribution in [1.29, 1.82) is 0 Å². The molecule has 0 aliphatic heterocycles. The highest BCUT2D eigenvalue weighted by molar-refractivity contribution is 9.08. The van der Waals surface area contributed by atoms with Gasteiger partial charge in [-0.2, -0.15) is 5.10 Å². The number of aromatic amines is 1. The molecule has 0 bridgehead atoms. The SMILES string of the molecule is Cc1n[nH]c(C)c1CBr. The van der Waals surface area contributed by atoms with Crippen molar-refractivity contribution in [2.24, 2.45) is 0 Å². The first-order valence-electron chi connectivity index (χ1n) is 2.82. The molecule has 50 valence electrons. The fourth-order valence-electron chi connectivity index (χ4n) is 0.771. The normalized spacial score (nSPS) is 10.1. The van der Waals surface area contributed by atoms with Gasteiger partial charge in [0, 0.05) is 16.6 Å². The average molecular weight is 189 g/mol. The summed E-state index contributed by atoms with van der Waals surface area (Å²) in [7, 11) is 0. The molecule has 1 N–H and O–H groups in total. The Morgan fingerprint density at radius 2 is 2.22 bits per heavy atom. The maximum Gasteiger partial charge on any atom is 0.0634 e. The van der Waals surface area contributed by atoms with Crippen molar-refractivity contribution in [3.63, 3.8) is 0 Å². The van der Waals surface area contributed by atoms with Gasteiger partial charge in [-0.3, -0.25) is 5.10 Å². The number of aromatic nitrogens is 2. The molecular formula is C6H9BrN2. The van der Waals surface area contributed by atoms with Crippen LogP contribution in [0.15, 0.2) is 0 Å². The third-order valence-corrected chi connectivity index (χ3v) is 1.98. The van der Waals surface area contributed by atoms with Crippen LogP contribution in [0.1, 0.15) is 17.0 Å². The highest BCUT2D eigenvalue weighted by Gasteiger charge is 2.01. The Morgan fingerprint density at radius 3 is 2.44 bits per heavy atom. The molecular weight excluding hydrogens is 180 g/mol. The Kier molecular flexibility index (Phi) is 1.90. The first-order chi connectivity index (χ1) is 4.25. The van der Waals surface area contributed by atoms with E-state index in [0.717, 1.165) is 16.7 Å². The summed E-state index contributed by atoms with van der Waals surface area (Å²) in [5, 5.41) is 7.83. The Morgan fingerprint density at radius 1 is 1.56 bits per heavy atom. The van der Waals surface area contributed by atoms with E-state index in [4.69, 9.17) is 0 Å². The largest absolute Gasteiger partial charge is 0.282 e. The van der Waals surface area contributed by atoms with Gasteiger partial charge in [-0.05, 0) is 13.8 Å². The molecule has 0 fully saturated rings. The molecule has 0 aromatic carbocycles. The van der Waals surface area contributed by atoms with Crippen molar-refractivity contribution in [3.05, 3.63) is 17.0 Å². The van der Waals surface area contributed by atoms with E-state index < -0.39 is 0 Å². The Hall–Kier alpha value is -0.310. The number of rotatable bonds is 1. The van der Waals surface area contributed by atoms with Gasteiger partial charge in [0.25, 0.3) is 0 Å². The van der Waals surface area contributed by atoms with Crippen molar-refractivity contribution < 1.29 is 0 Å². The van der Waals surface area contributed by atoms with Gasteiger partial charge in [-0.15, -0.1) is 0 Å². The summed E-state index contributed by atoms with van der Waals surface area (Å²) in [6, 6.07) is 0. The average Bonchev–Trinajstić information content (AvgIpc) is 2.12. The number of nitrogens with one attached hydrogen (secondary N) is 1. The van der Waals surface area contributed by atoms with Crippen LogP contribution in [-0.2, 0) is 5.33 Å². The second-order valence-electron chi connectivity index (χ2n) is 2.05. The van der Waals surface area contributed by atoms with Gasteiger partial charge in [0.05, 0.1) is 5.69 Å². The van der Waals surface area contributed by atoms with Crippen LogP contribution >= 0.6 is 15.9 Å². The van der Waals surface area contributed by atoms with Crippen molar-refractivity contribution in [2.75, 3.05) is 0 Å². The maximum atomic E-state index is 4.03. The minimum absolute atomic E-state index is 0.890. The lowest BCUT2D eigenvalue weighted by atomic mass is 10.2. The van der Waals surface area contributed by atoms with Gasteiger partial charge in [-0.25, -0.2) is 0 Å². The van der Waals surface area contributed by atoms with Crippen LogP contribution in [0.5, 0.6) is 0 Å². The predicted molar refractivity (Wildman–Crippen MR) is 40.7 cm³/mol. The quantitative estimate of drug-likeness (QED) is 0.671. The fourth-order valence-corrected chi connectivity index (χ4v) is 1.60. The molecule has 9 heavy (non-hydrogen) atoms. The summed E-state index contributed by atoms with van der Waals surface area (Å²) < 4.78 is 0. The number of H-pyrrole nitrogens is 1. The number of nitrogens with zero attached hydrogens (tertiary/aromatic N) is 1. The van der Waals surface area contributed by atoms with Gasteiger partial charge in [0.1, 0.15) is 0 Å². The lowest BCUT2D eigenvalue weighted by Crippen LogP contribution is -1.80. The molecule has 0 aliphatic carbocycles. The monoisotopic (exact) mass is 188 g/mol. The van der Waals surface area contributed by atoms with Gasteiger partial charge < -0.3 is 0 Å². The van der Waals surface area contributed by atoms with Crippen molar-refractivity contribution >= 4 is 15.9 Å². The zero-order valence-electron chi connectivity index (χ0n) is 5.53. The summed E-state index contributed by atoms with van der Waals surface area (Å²) >= 11 is 3.38. The van der Waals surface area contributed by atoms with Gasteiger partial charge in [0.15, 0.2) is 0 Å². The van der Waals surface area contributed by atoms with E-state index >= 15 is 0 Å². The Bertz CT molecular complexity index is 185. The third kappa shape index (κ3) is 1.15. The molecule has 1 rings (SSSR count). The molecule has 1 aromatic heterocycles. The van der Waals surface area contributed by atoms with E-state index in [1.54, 1.807) is 0 Å². The number of halogens is 1. The molecule has 0 saturated carbocycles. The second kappa shape index (κ2) is 2.52. The highest BCUT2D eigenvalue weighted by atomic mass is 79.9. The molecule has 0 aliphatic rings. The van der Waals surface area contributed by atoms with Gasteiger partial charge in [-0.1, -0.05) is 15.9 Å². The fraction of sp³-hybridized carbons (Fsp3) is 0.500. The summed E-state index contributed by atoms with van der Waals surface area (Å²) in [4.78, 5) is 0. The summed E-state index contributed by atoms with van der Waals surface area (Å²) in [5.74, 6) is 0. The minimum Gasteiger partial charge on any atom is -0.282 e. The van der Waals surface area contributed by atoms with Crippen LogP contribution in [0, 0.1) is 13.8 Å². The Balaban J connectivity index is 3.07.